The van der Waals surface area contributed by atoms with Crippen LogP contribution in [-0.4, -0.2) is 22.2 Å². The lowest BCUT2D eigenvalue weighted by molar-refractivity contribution is 0.0686. The van der Waals surface area contributed by atoms with Gasteiger partial charge in [0.15, 0.2) is 0 Å². The van der Waals surface area contributed by atoms with E-state index in [4.69, 9.17) is 9.84 Å². The summed E-state index contributed by atoms with van der Waals surface area (Å²) in [6.45, 7) is 1.84. The number of carbonyl (C=O) groups is 1. The normalized spacial score (nSPS) is 17.2. The molecule has 0 radical (unpaired) electrons. The van der Waals surface area contributed by atoms with Crippen molar-refractivity contribution in [2.24, 2.45) is 0 Å². The van der Waals surface area contributed by atoms with Crippen LogP contribution in [0.1, 0.15) is 54.6 Å². The maximum absolute atomic E-state index is 11.1. The van der Waals surface area contributed by atoms with Crippen LogP contribution in [0.2, 0.25) is 0 Å². The Hall–Kier alpha value is -1.58. The van der Waals surface area contributed by atoms with E-state index in [1.807, 2.05) is 6.92 Å². The van der Waals surface area contributed by atoms with E-state index in [0.29, 0.717) is 0 Å². The molecule has 18 heavy (non-hydrogen) atoms. The van der Waals surface area contributed by atoms with Crippen molar-refractivity contribution in [3.05, 3.63) is 23.4 Å². The minimum atomic E-state index is -0.980. The van der Waals surface area contributed by atoms with Gasteiger partial charge in [-0.3, -0.25) is 0 Å². The quantitative estimate of drug-likeness (QED) is 0.836. The van der Waals surface area contributed by atoms with Crippen LogP contribution in [0.5, 0.6) is 5.88 Å². The highest BCUT2D eigenvalue weighted by molar-refractivity contribution is 5.90. The third-order valence-electron chi connectivity index (χ3n) is 3.31. The van der Waals surface area contributed by atoms with Crippen molar-refractivity contribution < 1.29 is 14.6 Å². The summed E-state index contributed by atoms with van der Waals surface area (Å²) >= 11 is 0. The largest absolute Gasteiger partial charge is 0.477 e. The van der Waals surface area contributed by atoms with Gasteiger partial charge in [0.25, 0.3) is 0 Å². The van der Waals surface area contributed by atoms with Crippen LogP contribution in [0, 0.1) is 6.92 Å². The SMILES string of the molecule is Cc1ccc(C(=O)O)c(OC2CCCCCC2)n1. The Balaban J connectivity index is 2.15. The minimum Gasteiger partial charge on any atom is -0.477 e. The molecule has 0 amide bonds. The Bertz CT molecular complexity index is 423. The number of hydrogen-bond acceptors (Lipinski definition) is 3. The number of carboxylic acids is 1. The molecule has 0 aromatic carbocycles. The van der Waals surface area contributed by atoms with Crippen molar-refractivity contribution in [1.82, 2.24) is 4.98 Å². The number of aromatic nitrogens is 1. The molecule has 98 valence electrons. The maximum atomic E-state index is 11.1. The third kappa shape index (κ3) is 3.22. The molecule has 2 rings (SSSR count). The Morgan fingerprint density at radius 3 is 2.56 bits per heavy atom. The zero-order valence-corrected chi connectivity index (χ0v) is 10.7. The average Bonchev–Trinajstić information content (AvgIpc) is 2.57. The maximum Gasteiger partial charge on any atom is 0.341 e. The highest BCUT2D eigenvalue weighted by Crippen LogP contribution is 2.24. The van der Waals surface area contributed by atoms with Gasteiger partial charge < -0.3 is 9.84 Å². The molecular weight excluding hydrogens is 230 g/mol. The summed E-state index contributed by atoms with van der Waals surface area (Å²) in [4.78, 5) is 15.3. The second kappa shape index (κ2) is 5.85. The zero-order chi connectivity index (χ0) is 13.0. The first-order valence-electron chi connectivity index (χ1n) is 6.54. The molecule has 0 unspecified atom stereocenters. The number of carboxylic acid groups (broad SMARTS) is 1. The van der Waals surface area contributed by atoms with E-state index in [2.05, 4.69) is 4.98 Å². The van der Waals surface area contributed by atoms with Gasteiger partial charge in [0.2, 0.25) is 5.88 Å². The number of pyridine rings is 1. The molecule has 0 saturated heterocycles. The Morgan fingerprint density at radius 2 is 1.94 bits per heavy atom. The van der Waals surface area contributed by atoms with Crippen LogP contribution in [0.4, 0.5) is 0 Å². The van der Waals surface area contributed by atoms with Crippen LogP contribution >= 0.6 is 0 Å². The van der Waals surface area contributed by atoms with E-state index in [9.17, 15) is 4.79 Å². The van der Waals surface area contributed by atoms with Gasteiger partial charge in [0.1, 0.15) is 11.7 Å². The number of aromatic carboxylic acids is 1. The predicted octanol–water partition coefficient (Wildman–Crippen LogP) is 3.19. The first-order chi connectivity index (χ1) is 8.66. The molecule has 1 saturated carbocycles. The lowest BCUT2D eigenvalue weighted by Crippen LogP contribution is -2.18. The predicted molar refractivity (Wildman–Crippen MR) is 68.1 cm³/mol. The fourth-order valence-electron chi connectivity index (χ4n) is 2.30. The zero-order valence-electron chi connectivity index (χ0n) is 10.7. The Morgan fingerprint density at radius 1 is 1.28 bits per heavy atom. The summed E-state index contributed by atoms with van der Waals surface area (Å²) in [7, 11) is 0. The summed E-state index contributed by atoms with van der Waals surface area (Å²) in [5.41, 5.74) is 0.938. The van der Waals surface area contributed by atoms with Gasteiger partial charge >= 0.3 is 5.97 Å². The number of aryl methyl sites for hydroxylation is 1. The van der Waals surface area contributed by atoms with Crippen molar-refractivity contribution in [3.8, 4) is 5.88 Å². The van der Waals surface area contributed by atoms with Gasteiger partial charge in [-0.15, -0.1) is 0 Å². The van der Waals surface area contributed by atoms with E-state index in [1.165, 1.54) is 12.8 Å². The summed E-state index contributed by atoms with van der Waals surface area (Å²) in [6.07, 6.45) is 6.89. The van der Waals surface area contributed by atoms with E-state index in [0.717, 1.165) is 31.4 Å². The van der Waals surface area contributed by atoms with Gasteiger partial charge in [-0.05, 0) is 44.7 Å². The van der Waals surface area contributed by atoms with Gasteiger partial charge in [-0.25, -0.2) is 9.78 Å². The average molecular weight is 249 g/mol. The second-order valence-electron chi connectivity index (χ2n) is 4.84. The van der Waals surface area contributed by atoms with Crippen molar-refractivity contribution >= 4 is 5.97 Å². The van der Waals surface area contributed by atoms with E-state index in [-0.39, 0.29) is 17.5 Å². The number of hydrogen-bond donors (Lipinski definition) is 1. The molecule has 0 aliphatic heterocycles. The number of ether oxygens (including phenoxy) is 1. The second-order valence-corrected chi connectivity index (χ2v) is 4.84. The monoisotopic (exact) mass is 249 g/mol. The van der Waals surface area contributed by atoms with E-state index < -0.39 is 5.97 Å². The molecule has 0 bridgehead atoms. The third-order valence-corrected chi connectivity index (χ3v) is 3.31. The highest BCUT2D eigenvalue weighted by atomic mass is 16.5. The van der Waals surface area contributed by atoms with Crippen LogP contribution in [0.3, 0.4) is 0 Å². The molecule has 0 atom stereocenters. The molecule has 1 aromatic heterocycles. The molecule has 1 heterocycles. The molecule has 1 aromatic rings. The Kier molecular flexibility index (Phi) is 4.18. The van der Waals surface area contributed by atoms with Crippen molar-refractivity contribution in [1.29, 1.82) is 0 Å². The van der Waals surface area contributed by atoms with Gasteiger partial charge in [0, 0.05) is 5.69 Å². The fourth-order valence-corrected chi connectivity index (χ4v) is 2.30. The Labute approximate surface area is 107 Å². The van der Waals surface area contributed by atoms with Crippen molar-refractivity contribution in [2.75, 3.05) is 0 Å². The topological polar surface area (TPSA) is 59.4 Å². The van der Waals surface area contributed by atoms with Crippen molar-refractivity contribution in [2.45, 2.75) is 51.6 Å². The van der Waals surface area contributed by atoms with Gasteiger partial charge in [-0.1, -0.05) is 12.8 Å². The summed E-state index contributed by atoms with van der Waals surface area (Å²) in [5.74, 6) is -0.708. The first kappa shape index (κ1) is 12.9. The summed E-state index contributed by atoms with van der Waals surface area (Å²) < 4.78 is 5.82. The van der Waals surface area contributed by atoms with E-state index >= 15 is 0 Å². The molecule has 1 aliphatic carbocycles. The first-order valence-corrected chi connectivity index (χ1v) is 6.54. The standard InChI is InChI=1S/C14H19NO3/c1-10-8-9-12(14(16)17)13(15-10)18-11-6-4-2-3-5-7-11/h8-9,11H,2-7H2,1H3,(H,16,17). The molecule has 4 heteroatoms. The molecule has 1 N–H and O–H groups in total. The van der Waals surface area contributed by atoms with Crippen molar-refractivity contribution in [3.63, 3.8) is 0 Å². The summed E-state index contributed by atoms with van der Waals surface area (Å²) in [6, 6.07) is 3.26. The molecule has 0 spiro atoms. The van der Waals surface area contributed by atoms with Gasteiger partial charge in [0.05, 0.1) is 0 Å². The molecule has 1 fully saturated rings. The molecular formula is C14H19NO3. The van der Waals surface area contributed by atoms with Crippen LogP contribution in [0.15, 0.2) is 12.1 Å². The number of nitrogens with zero attached hydrogens (tertiary/aromatic N) is 1. The van der Waals surface area contributed by atoms with Crippen LogP contribution in [-0.2, 0) is 0 Å². The smallest absolute Gasteiger partial charge is 0.341 e. The fraction of sp³-hybridized carbons (Fsp3) is 0.571. The lowest BCUT2D eigenvalue weighted by Gasteiger charge is -2.17. The van der Waals surface area contributed by atoms with Crippen LogP contribution in [0.25, 0.3) is 0 Å². The molecule has 1 aliphatic rings. The van der Waals surface area contributed by atoms with E-state index in [1.54, 1.807) is 12.1 Å². The van der Waals surface area contributed by atoms with Crippen LogP contribution < -0.4 is 4.74 Å². The summed E-state index contributed by atoms with van der Waals surface area (Å²) in [5, 5.41) is 9.12. The highest BCUT2D eigenvalue weighted by Gasteiger charge is 2.19. The van der Waals surface area contributed by atoms with Gasteiger partial charge in [-0.2, -0.15) is 0 Å². The lowest BCUT2D eigenvalue weighted by atomic mass is 10.1. The minimum absolute atomic E-state index is 0.111. The molecule has 4 nitrogen and oxygen atoms in total. The number of rotatable bonds is 3.